The van der Waals surface area contributed by atoms with Crippen LogP contribution in [0, 0.1) is 13.8 Å². The number of nitrogens with two attached hydrogens (primary N) is 1. The van der Waals surface area contributed by atoms with Crippen molar-refractivity contribution in [3.63, 3.8) is 0 Å². The average molecular weight is 273 g/mol. The molecule has 0 bridgehead atoms. The van der Waals surface area contributed by atoms with Gasteiger partial charge in [-0.05, 0) is 31.0 Å². The van der Waals surface area contributed by atoms with E-state index in [4.69, 9.17) is 10.5 Å². The average Bonchev–Trinajstić information content (AvgIpc) is 2.30. The second kappa shape index (κ2) is 6.03. The summed E-state index contributed by atoms with van der Waals surface area (Å²) in [5.74, 6) is 0. The molecule has 102 valence electrons. The first kappa shape index (κ1) is 14.7. The van der Waals surface area contributed by atoms with E-state index in [2.05, 4.69) is 9.44 Å². The van der Waals surface area contributed by atoms with Crippen molar-refractivity contribution >= 4 is 21.6 Å². The molecule has 0 aromatic heterocycles. The number of nitrogen functional groups attached to an aromatic ring is 1. The maximum atomic E-state index is 11.7. The highest BCUT2D eigenvalue weighted by Crippen LogP contribution is 2.24. The molecule has 0 spiro atoms. The van der Waals surface area contributed by atoms with E-state index in [0.29, 0.717) is 23.5 Å². The molecule has 0 aliphatic rings. The zero-order valence-electron chi connectivity index (χ0n) is 10.8. The highest BCUT2D eigenvalue weighted by molar-refractivity contribution is 7.90. The van der Waals surface area contributed by atoms with Gasteiger partial charge in [-0.2, -0.15) is 13.1 Å². The van der Waals surface area contributed by atoms with E-state index in [9.17, 15) is 8.42 Å². The Bertz CT molecular complexity index is 515. The Kier molecular flexibility index (Phi) is 4.94. The molecule has 0 fully saturated rings. The minimum atomic E-state index is -3.59. The number of methoxy groups -OCH3 is 1. The Balaban J connectivity index is 2.82. The third kappa shape index (κ3) is 3.86. The van der Waals surface area contributed by atoms with Gasteiger partial charge in [0.2, 0.25) is 0 Å². The van der Waals surface area contributed by atoms with Crippen molar-refractivity contribution in [1.82, 2.24) is 4.72 Å². The number of rotatable bonds is 6. The van der Waals surface area contributed by atoms with Gasteiger partial charge in [-0.15, -0.1) is 0 Å². The van der Waals surface area contributed by atoms with Crippen LogP contribution in [0.2, 0.25) is 0 Å². The van der Waals surface area contributed by atoms with Crippen LogP contribution in [0.3, 0.4) is 0 Å². The number of nitrogens with one attached hydrogen (secondary N) is 2. The number of anilines is 2. The molecule has 18 heavy (non-hydrogen) atoms. The summed E-state index contributed by atoms with van der Waals surface area (Å²) >= 11 is 0. The second-order valence-electron chi connectivity index (χ2n) is 3.96. The summed E-state index contributed by atoms with van der Waals surface area (Å²) in [6, 6.07) is 3.46. The van der Waals surface area contributed by atoms with Crippen molar-refractivity contribution in [2.45, 2.75) is 13.8 Å². The normalized spacial score (nSPS) is 11.5. The molecule has 0 saturated carbocycles. The van der Waals surface area contributed by atoms with E-state index >= 15 is 0 Å². The van der Waals surface area contributed by atoms with Crippen LogP contribution >= 0.6 is 0 Å². The van der Waals surface area contributed by atoms with Crippen LogP contribution in [0.5, 0.6) is 0 Å². The van der Waals surface area contributed by atoms with Gasteiger partial charge in [0.25, 0.3) is 10.2 Å². The number of ether oxygens (including phenoxy) is 1. The van der Waals surface area contributed by atoms with Crippen LogP contribution in [-0.2, 0) is 14.9 Å². The maximum absolute atomic E-state index is 11.7. The maximum Gasteiger partial charge on any atom is 0.299 e. The van der Waals surface area contributed by atoms with E-state index in [1.165, 1.54) is 7.11 Å². The van der Waals surface area contributed by atoms with Gasteiger partial charge >= 0.3 is 0 Å². The monoisotopic (exact) mass is 273 g/mol. The predicted octanol–water partition coefficient (Wildman–Crippen LogP) is 0.778. The van der Waals surface area contributed by atoms with Crippen LogP contribution in [0.25, 0.3) is 0 Å². The second-order valence-corrected chi connectivity index (χ2v) is 5.46. The quantitative estimate of drug-likeness (QED) is 0.527. The van der Waals surface area contributed by atoms with Gasteiger partial charge in [0.1, 0.15) is 0 Å². The molecule has 7 heteroatoms. The van der Waals surface area contributed by atoms with E-state index in [-0.39, 0.29) is 6.54 Å². The van der Waals surface area contributed by atoms with Gasteiger partial charge in [-0.1, -0.05) is 6.07 Å². The molecule has 6 nitrogen and oxygen atoms in total. The highest BCUT2D eigenvalue weighted by atomic mass is 32.2. The van der Waals surface area contributed by atoms with Crippen molar-refractivity contribution in [1.29, 1.82) is 0 Å². The minimum absolute atomic E-state index is 0.215. The molecule has 0 unspecified atom stereocenters. The molecule has 0 radical (unpaired) electrons. The Morgan fingerprint density at radius 3 is 2.61 bits per heavy atom. The summed E-state index contributed by atoms with van der Waals surface area (Å²) in [7, 11) is -2.09. The Hall–Kier alpha value is -1.31. The topological polar surface area (TPSA) is 93.4 Å². The van der Waals surface area contributed by atoms with E-state index < -0.39 is 10.2 Å². The Morgan fingerprint density at radius 2 is 2.00 bits per heavy atom. The number of aryl methyl sites for hydroxylation is 1. The summed E-state index contributed by atoms with van der Waals surface area (Å²) in [5, 5.41) is 0. The van der Waals surface area contributed by atoms with Gasteiger partial charge in [0.15, 0.2) is 0 Å². The zero-order valence-corrected chi connectivity index (χ0v) is 11.6. The number of benzene rings is 1. The third-order valence-electron chi connectivity index (χ3n) is 2.58. The van der Waals surface area contributed by atoms with Crippen LogP contribution in [0.1, 0.15) is 11.1 Å². The largest absolute Gasteiger partial charge is 0.398 e. The van der Waals surface area contributed by atoms with Gasteiger partial charge < -0.3 is 10.5 Å². The molecule has 0 aliphatic heterocycles. The predicted molar refractivity (Wildman–Crippen MR) is 72.7 cm³/mol. The third-order valence-corrected chi connectivity index (χ3v) is 3.65. The molecule has 1 rings (SSSR count). The van der Waals surface area contributed by atoms with Gasteiger partial charge in [0.05, 0.1) is 12.3 Å². The molecular formula is C11H19N3O3S. The van der Waals surface area contributed by atoms with Crippen LogP contribution in [0.4, 0.5) is 11.4 Å². The van der Waals surface area contributed by atoms with Crippen molar-refractivity contribution in [2.24, 2.45) is 0 Å². The lowest BCUT2D eigenvalue weighted by molar-refractivity contribution is 0.204. The van der Waals surface area contributed by atoms with Gasteiger partial charge in [-0.3, -0.25) is 4.72 Å². The number of hydrogen-bond acceptors (Lipinski definition) is 4. The lowest BCUT2D eigenvalue weighted by atomic mass is 10.1. The Labute approximate surface area is 108 Å². The smallest absolute Gasteiger partial charge is 0.299 e. The molecule has 1 aromatic carbocycles. The molecule has 0 aliphatic carbocycles. The SMILES string of the molecule is COCCNS(=O)(=O)Nc1ccc(C)c(N)c1C. The van der Waals surface area contributed by atoms with E-state index in [1.54, 1.807) is 19.1 Å². The van der Waals surface area contributed by atoms with Crippen LogP contribution in [0.15, 0.2) is 12.1 Å². The first-order chi connectivity index (χ1) is 8.37. The van der Waals surface area contributed by atoms with E-state index in [1.807, 2.05) is 6.92 Å². The lowest BCUT2D eigenvalue weighted by Gasteiger charge is -2.13. The fourth-order valence-corrected chi connectivity index (χ4v) is 2.37. The van der Waals surface area contributed by atoms with Crippen molar-refractivity contribution in [2.75, 3.05) is 30.7 Å². The molecule has 4 N–H and O–H groups in total. The summed E-state index contributed by atoms with van der Waals surface area (Å²) < 4.78 is 33.0. The first-order valence-corrected chi connectivity index (χ1v) is 6.97. The molecule has 0 saturated heterocycles. The summed E-state index contributed by atoms with van der Waals surface area (Å²) in [6.45, 7) is 4.18. The van der Waals surface area contributed by atoms with Crippen molar-refractivity contribution in [3.8, 4) is 0 Å². The zero-order chi connectivity index (χ0) is 13.8. The standard InChI is InChI=1S/C11H19N3O3S/c1-8-4-5-10(9(2)11(8)12)14-18(15,16)13-6-7-17-3/h4-5,13-14H,6-7,12H2,1-3H3. The van der Waals surface area contributed by atoms with Crippen LogP contribution in [-0.4, -0.2) is 28.7 Å². The minimum Gasteiger partial charge on any atom is -0.398 e. The molecular weight excluding hydrogens is 254 g/mol. The lowest BCUT2D eigenvalue weighted by Crippen LogP contribution is -2.32. The summed E-state index contributed by atoms with van der Waals surface area (Å²) in [6.07, 6.45) is 0. The highest BCUT2D eigenvalue weighted by Gasteiger charge is 2.12. The van der Waals surface area contributed by atoms with Crippen molar-refractivity contribution in [3.05, 3.63) is 23.3 Å². The first-order valence-electron chi connectivity index (χ1n) is 5.49. The van der Waals surface area contributed by atoms with Gasteiger partial charge in [0, 0.05) is 19.3 Å². The van der Waals surface area contributed by atoms with Crippen LogP contribution < -0.4 is 15.2 Å². The fraction of sp³-hybridized carbons (Fsp3) is 0.455. The fourth-order valence-electron chi connectivity index (χ4n) is 1.43. The van der Waals surface area contributed by atoms with E-state index in [0.717, 1.165) is 5.56 Å². The van der Waals surface area contributed by atoms with Gasteiger partial charge in [-0.25, -0.2) is 0 Å². The Morgan fingerprint density at radius 1 is 1.33 bits per heavy atom. The molecule has 0 atom stereocenters. The molecule has 0 amide bonds. The molecule has 0 heterocycles. The molecule has 1 aromatic rings. The van der Waals surface area contributed by atoms with Crippen molar-refractivity contribution < 1.29 is 13.2 Å². The summed E-state index contributed by atoms with van der Waals surface area (Å²) in [5.41, 5.74) is 8.55. The summed E-state index contributed by atoms with van der Waals surface area (Å²) in [4.78, 5) is 0. The number of hydrogen-bond donors (Lipinski definition) is 3.